The normalized spacial score (nSPS) is 10.3. The van der Waals surface area contributed by atoms with Crippen molar-refractivity contribution >= 4 is 22.7 Å². The molecular formula is C11H12N2O2. The van der Waals surface area contributed by atoms with Crippen LogP contribution < -0.4 is 5.32 Å². The maximum Gasteiger partial charge on any atom is 0.411 e. The van der Waals surface area contributed by atoms with E-state index in [0.717, 1.165) is 16.6 Å². The molecule has 0 spiro atoms. The highest BCUT2D eigenvalue weighted by Crippen LogP contribution is 2.24. The number of anilines is 1. The van der Waals surface area contributed by atoms with Crippen LogP contribution in [-0.2, 0) is 11.8 Å². The lowest BCUT2D eigenvalue weighted by Crippen LogP contribution is -2.10. The van der Waals surface area contributed by atoms with Crippen LogP contribution in [0, 0.1) is 0 Å². The molecule has 15 heavy (non-hydrogen) atoms. The van der Waals surface area contributed by atoms with Gasteiger partial charge < -0.3 is 9.30 Å². The summed E-state index contributed by atoms with van der Waals surface area (Å²) in [5.74, 6) is 0. The van der Waals surface area contributed by atoms with Crippen LogP contribution in [0.15, 0.2) is 30.5 Å². The number of rotatable bonds is 1. The Bertz CT molecular complexity index is 502. The second kappa shape index (κ2) is 3.65. The molecule has 0 saturated carbocycles. The summed E-state index contributed by atoms with van der Waals surface area (Å²) in [5, 5.41) is 3.68. The lowest BCUT2D eigenvalue weighted by Gasteiger charge is -2.00. The number of benzene rings is 1. The molecule has 1 N–H and O–H groups in total. The molecule has 0 radical (unpaired) electrons. The van der Waals surface area contributed by atoms with Gasteiger partial charge in [0.2, 0.25) is 0 Å². The summed E-state index contributed by atoms with van der Waals surface area (Å²) >= 11 is 0. The molecule has 0 fully saturated rings. The fraction of sp³-hybridized carbons (Fsp3) is 0.182. The minimum atomic E-state index is -0.452. The van der Waals surface area contributed by atoms with Crippen LogP contribution in [0.25, 0.3) is 10.9 Å². The predicted molar refractivity (Wildman–Crippen MR) is 58.9 cm³/mol. The number of aryl methyl sites for hydroxylation is 1. The zero-order valence-electron chi connectivity index (χ0n) is 8.65. The van der Waals surface area contributed by atoms with Gasteiger partial charge in [0.1, 0.15) is 0 Å². The van der Waals surface area contributed by atoms with E-state index in [-0.39, 0.29) is 0 Å². The highest BCUT2D eigenvalue weighted by Gasteiger charge is 2.08. The first kappa shape index (κ1) is 9.58. The fourth-order valence-electron chi connectivity index (χ4n) is 1.60. The Morgan fingerprint density at radius 1 is 1.40 bits per heavy atom. The van der Waals surface area contributed by atoms with Crippen molar-refractivity contribution in [2.75, 3.05) is 12.4 Å². The number of carbonyl (C=O) groups excluding carboxylic acids is 1. The second-order valence-corrected chi connectivity index (χ2v) is 3.29. The van der Waals surface area contributed by atoms with E-state index in [9.17, 15) is 4.79 Å². The first-order valence-electron chi connectivity index (χ1n) is 4.61. The largest absolute Gasteiger partial charge is 0.453 e. The molecule has 0 saturated heterocycles. The first-order valence-corrected chi connectivity index (χ1v) is 4.61. The predicted octanol–water partition coefficient (Wildman–Crippen LogP) is 2.36. The van der Waals surface area contributed by atoms with E-state index in [4.69, 9.17) is 0 Å². The third-order valence-corrected chi connectivity index (χ3v) is 2.32. The highest BCUT2D eigenvalue weighted by atomic mass is 16.5. The molecule has 1 aromatic carbocycles. The fourth-order valence-corrected chi connectivity index (χ4v) is 1.60. The Hall–Kier alpha value is -1.97. The summed E-state index contributed by atoms with van der Waals surface area (Å²) in [6.45, 7) is 0. The Balaban J connectivity index is 2.48. The molecule has 4 nitrogen and oxygen atoms in total. The third-order valence-electron chi connectivity index (χ3n) is 2.32. The molecule has 0 aliphatic carbocycles. The molecule has 0 atom stereocenters. The van der Waals surface area contributed by atoms with E-state index in [1.165, 1.54) is 7.11 Å². The van der Waals surface area contributed by atoms with Gasteiger partial charge in [-0.1, -0.05) is 18.2 Å². The van der Waals surface area contributed by atoms with Crippen LogP contribution in [0.4, 0.5) is 10.5 Å². The van der Waals surface area contributed by atoms with Gasteiger partial charge in [-0.05, 0) is 6.07 Å². The number of nitrogens with one attached hydrogen (secondary N) is 1. The zero-order chi connectivity index (χ0) is 10.8. The topological polar surface area (TPSA) is 43.3 Å². The van der Waals surface area contributed by atoms with E-state index in [1.807, 2.05) is 42.1 Å². The lowest BCUT2D eigenvalue weighted by molar-refractivity contribution is 0.187. The molecule has 0 bridgehead atoms. The van der Waals surface area contributed by atoms with Crippen molar-refractivity contribution in [2.45, 2.75) is 0 Å². The van der Waals surface area contributed by atoms with Gasteiger partial charge in [0, 0.05) is 24.1 Å². The van der Waals surface area contributed by atoms with Gasteiger partial charge in [0.15, 0.2) is 0 Å². The number of methoxy groups -OCH3 is 1. The van der Waals surface area contributed by atoms with E-state index in [2.05, 4.69) is 10.1 Å². The van der Waals surface area contributed by atoms with Gasteiger partial charge in [-0.15, -0.1) is 0 Å². The number of carbonyl (C=O) groups is 1. The Morgan fingerprint density at radius 3 is 2.87 bits per heavy atom. The van der Waals surface area contributed by atoms with Crippen molar-refractivity contribution in [3.8, 4) is 0 Å². The molecule has 78 valence electrons. The van der Waals surface area contributed by atoms with E-state index in [1.54, 1.807) is 0 Å². The van der Waals surface area contributed by atoms with Gasteiger partial charge in [0.05, 0.1) is 12.8 Å². The summed E-state index contributed by atoms with van der Waals surface area (Å²) in [7, 11) is 3.28. The number of hydrogen-bond donors (Lipinski definition) is 1. The zero-order valence-corrected chi connectivity index (χ0v) is 8.65. The monoisotopic (exact) mass is 204 g/mol. The van der Waals surface area contributed by atoms with Crippen molar-refractivity contribution in [2.24, 2.45) is 7.05 Å². The number of ether oxygens (including phenoxy) is 1. The number of amides is 1. The third kappa shape index (κ3) is 1.66. The van der Waals surface area contributed by atoms with Crippen molar-refractivity contribution in [1.29, 1.82) is 0 Å². The molecule has 2 rings (SSSR count). The van der Waals surface area contributed by atoms with Crippen LogP contribution in [0.2, 0.25) is 0 Å². The molecular weight excluding hydrogens is 192 g/mol. The molecule has 4 heteroatoms. The van der Waals surface area contributed by atoms with Gasteiger partial charge in [0.25, 0.3) is 0 Å². The number of fused-ring (bicyclic) bond motifs is 1. The standard InChI is InChI=1S/C11H12N2O2/c1-13-7-9(12-11(14)15-2)8-5-3-4-6-10(8)13/h3-7H,1-2H3,(H,12,14). The summed E-state index contributed by atoms with van der Waals surface area (Å²) < 4.78 is 6.51. The summed E-state index contributed by atoms with van der Waals surface area (Å²) in [5.41, 5.74) is 1.84. The molecule has 0 unspecified atom stereocenters. The molecule has 2 aromatic rings. The summed E-state index contributed by atoms with van der Waals surface area (Å²) in [4.78, 5) is 11.1. The van der Waals surface area contributed by atoms with Crippen LogP contribution in [0.5, 0.6) is 0 Å². The number of nitrogens with zero attached hydrogens (tertiary/aromatic N) is 1. The van der Waals surface area contributed by atoms with Gasteiger partial charge in [-0.25, -0.2) is 4.79 Å². The van der Waals surface area contributed by atoms with Crippen molar-refractivity contribution in [1.82, 2.24) is 4.57 Å². The number of hydrogen-bond acceptors (Lipinski definition) is 2. The van der Waals surface area contributed by atoms with Crippen LogP contribution in [0.3, 0.4) is 0 Å². The first-order chi connectivity index (χ1) is 7.22. The van der Waals surface area contributed by atoms with Crippen molar-refractivity contribution in [3.63, 3.8) is 0 Å². The molecule has 1 aromatic heterocycles. The van der Waals surface area contributed by atoms with E-state index in [0.29, 0.717) is 0 Å². The summed E-state index contributed by atoms with van der Waals surface area (Å²) in [6, 6.07) is 7.85. The van der Waals surface area contributed by atoms with Gasteiger partial charge in [-0.3, -0.25) is 5.32 Å². The minimum absolute atomic E-state index is 0.452. The smallest absolute Gasteiger partial charge is 0.411 e. The summed E-state index contributed by atoms with van der Waals surface area (Å²) in [6.07, 6.45) is 1.41. The quantitative estimate of drug-likeness (QED) is 0.774. The second-order valence-electron chi connectivity index (χ2n) is 3.29. The molecule has 0 aliphatic heterocycles. The number of para-hydroxylation sites is 1. The van der Waals surface area contributed by atoms with Crippen molar-refractivity contribution < 1.29 is 9.53 Å². The number of aromatic nitrogens is 1. The Morgan fingerprint density at radius 2 is 2.13 bits per heavy atom. The molecule has 0 aliphatic rings. The van der Waals surface area contributed by atoms with Gasteiger partial charge >= 0.3 is 6.09 Å². The van der Waals surface area contributed by atoms with E-state index < -0.39 is 6.09 Å². The Labute approximate surface area is 87.5 Å². The highest BCUT2D eigenvalue weighted by molar-refractivity contribution is 5.99. The van der Waals surface area contributed by atoms with Crippen LogP contribution in [-0.4, -0.2) is 17.8 Å². The maximum absolute atomic E-state index is 11.1. The SMILES string of the molecule is COC(=O)Nc1cn(C)c2ccccc12. The van der Waals surface area contributed by atoms with Crippen LogP contribution in [0.1, 0.15) is 0 Å². The average molecular weight is 204 g/mol. The maximum atomic E-state index is 11.1. The lowest BCUT2D eigenvalue weighted by atomic mass is 10.2. The average Bonchev–Trinajstić information content (AvgIpc) is 2.57. The molecule has 1 heterocycles. The van der Waals surface area contributed by atoms with E-state index >= 15 is 0 Å². The minimum Gasteiger partial charge on any atom is -0.453 e. The van der Waals surface area contributed by atoms with Gasteiger partial charge in [-0.2, -0.15) is 0 Å². The Kier molecular flexibility index (Phi) is 2.33. The molecule has 1 amide bonds. The van der Waals surface area contributed by atoms with Crippen molar-refractivity contribution in [3.05, 3.63) is 30.5 Å². The van der Waals surface area contributed by atoms with Crippen LogP contribution >= 0.6 is 0 Å².